The zero-order valence-electron chi connectivity index (χ0n) is 13.4. The van der Waals surface area contributed by atoms with Gasteiger partial charge in [0.15, 0.2) is 0 Å². The van der Waals surface area contributed by atoms with Gasteiger partial charge in [-0.1, -0.05) is 41.9 Å². The lowest BCUT2D eigenvalue weighted by Crippen LogP contribution is -2.14. The van der Waals surface area contributed by atoms with Crippen molar-refractivity contribution in [3.63, 3.8) is 0 Å². The Morgan fingerprint density at radius 1 is 1.00 bits per heavy atom. The van der Waals surface area contributed by atoms with Crippen LogP contribution in [0.5, 0.6) is 0 Å². The summed E-state index contributed by atoms with van der Waals surface area (Å²) in [4.78, 5) is 12.3. The van der Waals surface area contributed by atoms with Crippen molar-refractivity contribution in [3.8, 4) is 0 Å². The molecule has 5 heteroatoms. The average molecular weight is 350 g/mol. The standard InChI is InChI=1S/C20H16ClN3O/c21-17-6-8-19-16(11-17)13-22-24(19)10-9-20(25)23-18-7-5-14-3-1-2-4-15(14)12-18/h1-8,11-13H,9-10H2,(H,23,25). The minimum atomic E-state index is -0.0344. The fourth-order valence-corrected chi connectivity index (χ4v) is 3.11. The fourth-order valence-electron chi connectivity index (χ4n) is 2.93. The lowest BCUT2D eigenvalue weighted by atomic mass is 10.1. The van der Waals surface area contributed by atoms with Crippen molar-refractivity contribution in [2.45, 2.75) is 13.0 Å². The summed E-state index contributed by atoms with van der Waals surface area (Å²) in [5.41, 5.74) is 1.78. The molecule has 4 nitrogen and oxygen atoms in total. The van der Waals surface area contributed by atoms with Gasteiger partial charge in [0.05, 0.1) is 18.3 Å². The first kappa shape index (κ1) is 15.7. The largest absolute Gasteiger partial charge is 0.326 e. The number of halogens is 1. The Morgan fingerprint density at radius 3 is 2.72 bits per heavy atom. The zero-order chi connectivity index (χ0) is 17.2. The van der Waals surface area contributed by atoms with Crippen LogP contribution in [0.3, 0.4) is 0 Å². The summed E-state index contributed by atoms with van der Waals surface area (Å²) in [5.74, 6) is -0.0344. The number of carbonyl (C=O) groups excluding carboxylic acids is 1. The fraction of sp³-hybridized carbons (Fsp3) is 0.100. The highest BCUT2D eigenvalue weighted by atomic mass is 35.5. The molecule has 0 unspecified atom stereocenters. The second kappa shape index (κ2) is 6.57. The van der Waals surface area contributed by atoms with E-state index in [1.165, 1.54) is 0 Å². The predicted molar refractivity (Wildman–Crippen MR) is 102 cm³/mol. The van der Waals surface area contributed by atoms with Crippen LogP contribution in [0.2, 0.25) is 5.02 Å². The summed E-state index contributed by atoms with van der Waals surface area (Å²) in [6, 6.07) is 19.6. The number of hydrogen-bond donors (Lipinski definition) is 1. The lowest BCUT2D eigenvalue weighted by molar-refractivity contribution is -0.116. The molecule has 1 N–H and O–H groups in total. The predicted octanol–water partition coefficient (Wildman–Crippen LogP) is 4.87. The summed E-state index contributed by atoms with van der Waals surface area (Å²) in [7, 11) is 0. The summed E-state index contributed by atoms with van der Waals surface area (Å²) in [5, 5.41) is 11.2. The number of hydrogen-bond acceptors (Lipinski definition) is 2. The number of rotatable bonds is 4. The molecule has 0 saturated heterocycles. The van der Waals surface area contributed by atoms with E-state index >= 15 is 0 Å². The Kier molecular flexibility index (Phi) is 4.12. The first-order valence-corrected chi connectivity index (χ1v) is 8.46. The lowest BCUT2D eigenvalue weighted by Gasteiger charge is -2.07. The number of carbonyl (C=O) groups is 1. The number of amides is 1. The van der Waals surface area contributed by atoms with Gasteiger partial charge in [-0.15, -0.1) is 0 Å². The molecule has 0 fully saturated rings. The van der Waals surface area contributed by atoms with Crippen LogP contribution in [-0.2, 0) is 11.3 Å². The van der Waals surface area contributed by atoms with E-state index in [0.717, 1.165) is 27.4 Å². The van der Waals surface area contributed by atoms with Crippen molar-refractivity contribution in [3.05, 3.63) is 71.9 Å². The normalized spacial score (nSPS) is 11.1. The van der Waals surface area contributed by atoms with Gasteiger partial charge in [-0.3, -0.25) is 9.48 Å². The number of fused-ring (bicyclic) bond motifs is 2. The number of aryl methyl sites for hydroxylation is 1. The maximum atomic E-state index is 12.3. The van der Waals surface area contributed by atoms with Crippen LogP contribution in [-0.4, -0.2) is 15.7 Å². The third kappa shape index (κ3) is 3.35. The van der Waals surface area contributed by atoms with Crippen molar-refractivity contribution < 1.29 is 4.79 Å². The molecular weight excluding hydrogens is 334 g/mol. The van der Waals surface area contributed by atoms with Gasteiger partial charge in [0.25, 0.3) is 0 Å². The highest BCUT2D eigenvalue weighted by Crippen LogP contribution is 2.20. The Labute approximate surface area is 150 Å². The van der Waals surface area contributed by atoms with E-state index in [1.54, 1.807) is 6.20 Å². The summed E-state index contributed by atoms with van der Waals surface area (Å²) < 4.78 is 1.83. The van der Waals surface area contributed by atoms with Gasteiger partial charge in [-0.2, -0.15) is 5.10 Å². The quantitative estimate of drug-likeness (QED) is 0.571. The Bertz CT molecular complexity index is 1070. The van der Waals surface area contributed by atoms with E-state index in [9.17, 15) is 4.79 Å². The third-order valence-corrected chi connectivity index (χ3v) is 4.42. The van der Waals surface area contributed by atoms with Crippen LogP contribution in [0.4, 0.5) is 5.69 Å². The monoisotopic (exact) mass is 349 g/mol. The van der Waals surface area contributed by atoms with Gasteiger partial charge in [0.1, 0.15) is 0 Å². The van der Waals surface area contributed by atoms with E-state index in [4.69, 9.17) is 11.6 Å². The molecule has 124 valence electrons. The third-order valence-electron chi connectivity index (χ3n) is 4.19. The van der Waals surface area contributed by atoms with E-state index in [1.807, 2.05) is 59.3 Å². The van der Waals surface area contributed by atoms with Crippen molar-refractivity contribution in [2.75, 3.05) is 5.32 Å². The van der Waals surface area contributed by atoms with Gasteiger partial charge < -0.3 is 5.32 Å². The molecule has 0 aliphatic heterocycles. The second-order valence-corrected chi connectivity index (χ2v) is 6.37. The van der Waals surface area contributed by atoms with Gasteiger partial charge in [0, 0.05) is 22.5 Å². The average Bonchev–Trinajstić information content (AvgIpc) is 3.02. The molecule has 0 aliphatic carbocycles. The molecule has 1 aromatic heterocycles. The number of nitrogens with zero attached hydrogens (tertiary/aromatic N) is 2. The highest BCUT2D eigenvalue weighted by Gasteiger charge is 2.07. The molecule has 3 aromatic carbocycles. The first-order valence-electron chi connectivity index (χ1n) is 8.09. The minimum absolute atomic E-state index is 0.0344. The van der Waals surface area contributed by atoms with Crippen molar-refractivity contribution in [2.24, 2.45) is 0 Å². The molecule has 4 rings (SSSR count). The molecule has 0 aliphatic rings. The molecule has 0 radical (unpaired) electrons. The van der Waals surface area contributed by atoms with Crippen LogP contribution in [0.1, 0.15) is 6.42 Å². The Morgan fingerprint density at radius 2 is 1.84 bits per heavy atom. The first-order chi connectivity index (χ1) is 12.2. The Balaban J connectivity index is 1.44. The van der Waals surface area contributed by atoms with E-state index in [-0.39, 0.29) is 5.91 Å². The number of nitrogens with one attached hydrogen (secondary N) is 1. The van der Waals surface area contributed by atoms with E-state index in [2.05, 4.69) is 16.5 Å². The van der Waals surface area contributed by atoms with Crippen molar-refractivity contribution in [1.29, 1.82) is 0 Å². The number of aromatic nitrogens is 2. The zero-order valence-corrected chi connectivity index (χ0v) is 14.2. The molecule has 1 heterocycles. The molecule has 0 saturated carbocycles. The summed E-state index contributed by atoms with van der Waals surface area (Å²) in [6.07, 6.45) is 2.12. The van der Waals surface area contributed by atoms with Crippen molar-refractivity contribution in [1.82, 2.24) is 9.78 Å². The van der Waals surface area contributed by atoms with Crippen molar-refractivity contribution >= 4 is 44.9 Å². The van der Waals surface area contributed by atoms with Gasteiger partial charge in [0.2, 0.25) is 5.91 Å². The molecule has 25 heavy (non-hydrogen) atoms. The van der Waals surface area contributed by atoms with Crippen LogP contribution in [0.25, 0.3) is 21.7 Å². The molecule has 0 atom stereocenters. The number of benzene rings is 3. The molecule has 0 spiro atoms. The smallest absolute Gasteiger partial charge is 0.226 e. The maximum Gasteiger partial charge on any atom is 0.226 e. The minimum Gasteiger partial charge on any atom is -0.326 e. The summed E-state index contributed by atoms with van der Waals surface area (Å²) >= 11 is 5.99. The Hall–Kier alpha value is -2.85. The number of anilines is 1. The van der Waals surface area contributed by atoms with Gasteiger partial charge in [-0.05, 0) is 41.1 Å². The molecule has 1 amide bonds. The molecule has 4 aromatic rings. The van der Waals surface area contributed by atoms with Gasteiger partial charge in [-0.25, -0.2) is 0 Å². The van der Waals surface area contributed by atoms with Gasteiger partial charge >= 0.3 is 0 Å². The molecular formula is C20H16ClN3O. The van der Waals surface area contributed by atoms with Crippen LogP contribution < -0.4 is 5.32 Å². The second-order valence-electron chi connectivity index (χ2n) is 5.93. The topological polar surface area (TPSA) is 46.9 Å². The van der Waals surface area contributed by atoms with Crippen LogP contribution in [0, 0.1) is 0 Å². The SMILES string of the molecule is O=C(CCn1ncc2cc(Cl)ccc21)Nc1ccc2ccccc2c1. The summed E-state index contributed by atoms with van der Waals surface area (Å²) in [6.45, 7) is 0.518. The van der Waals surface area contributed by atoms with E-state index in [0.29, 0.717) is 18.0 Å². The van der Waals surface area contributed by atoms with E-state index < -0.39 is 0 Å². The molecule has 0 bridgehead atoms. The van der Waals surface area contributed by atoms with Crippen LogP contribution in [0.15, 0.2) is 66.9 Å². The maximum absolute atomic E-state index is 12.3. The van der Waals surface area contributed by atoms with Crippen LogP contribution >= 0.6 is 11.6 Å². The highest BCUT2D eigenvalue weighted by molar-refractivity contribution is 6.31.